The number of hydrogen-bond donors (Lipinski definition) is 2. The normalized spacial score (nSPS) is 17.1. The minimum atomic E-state index is -0.907. The van der Waals surface area contributed by atoms with Gasteiger partial charge in [-0.3, -0.25) is 14.8 Å². The van der Waals surface area contributed by atoms with Crippen LogP contribution in [0.3, 0.4) is 0 Å². The van der Waals surface area contributed by atoms with Crippen LogP contribution in [0.25, 0.3) is 22.0 Å². The topological polar surface area (TPSA) is 86.4 Å². The second kappa shape index (κ2) is 11.9. The SMILES string of the molecule is CN1CCC(Oc2cc(NC(=O)c3n[nH]c4ccc(-c5cc(CN6CCCCC6)cc(F)c5F)cc34)ccn2)CC1. The van der Waals surface area contributed by atoms with E-state index in [1.54, 1.807) is 42.6 Å². The molecule has 2 aromatic heterocycles. The van der Waals surface area contributed by atoms with Gasteiger partial charge in [0.05, 0.1) is 5.52 Å². The highest BCUT2D eigenvalue weighted by molar-refractivity contribution is 6.11. The van der Waals surface area contributed by atoms with Crippen molar-refractivity contribution < 1.29 is 18.3 Å². The molecule has 2 aromatic carbocycles. The lowest BCUT2D eigenvalue weighted by atomic mass is 9.99. The minimum absolute atomic E-state index is 0.0851. The third-order valence-corrected chi connectivity index (χ3v) is 7.98. The van der Waals surface area contributed by atoms with Gasteiger partial charge in [-0.2, -0.15) is 5.10 Å². The summed E-state index contributed by atoms with van der Waals surface area (Å²) >= 11 is 0. The summed E-state index contributed by atoms with van der Waals surface area (Å²) in [6.45, 7) is 4.42. The van der Waals surface area contributed by atoms with Gasteiger partial charge in [-0.15, -0.1) is 0 Å². The van der Waals surface area contributed by atoms with Crippen LogP contribution in [0, 0.1) is 11.6 Å². The Morgan fingerprint density at radius 2 is 1.85 bits per heavy atom. The number of likely N-dealkylation sites (tertiary alicyclic amines) is 2. The first-order valence-electron chi connectivity index (χ1n) is 14.2. The van der Waals surface area contributed by atoms with Gasteiger partial charge in [0.2, 0.25) is 5.88 Å². The number of benzene rings is 2. The third kappa shape index (κ3) is 6.23. The van der Waals surface area contributed by atoms with Crippen molar-refractivity contribution in [2.75, 3.05) is 38.5 Å². The lowest BCUT2D eigenvalue weighted by molar-refractivity contribution is 0.102. The van der Waals surface area contributed by atoms with Crippen LogP contribution in [-0.2, 0) is 6.54 Å². The number of aromatic nitrogens is 3. The highest BCUT2D eigenvalue weighted by Gasteiger charge is 2.21. The van der Waals surface area contributed by atoms with Crippen LogP contribution in [0.5, 0.6) is 5.88 Å². The number of nitrogens with one attached hydrogen (secondary N) is 2. The number of amides is 1. The van der Waals surface area contributed by atoms with Crippen LogP contribution in [0.4, 0.5) is 14.5 Å². The quantitative estimate of drug-likeness (QED) is 0.306. The summed E-state index contributed by atoms with van der Waals surface area (Å²) in [5.74, 6) is -1.77. The summed E-state index contributed by atoms with van der Waals surface area (Å²) in [4.78, 5) is 22.1. The number of H-pyrrole nitrogens is 1. The van der Waals surface area contributed by atoms with E-state index in [1.165, 1.54) is 12.5 Å². The number of hydrogen-bond acceptors (Lipinski definition) is 6. The Kier molecular flexibility index (Phi) is 7.93. The van der Waals surface area contributed by atoms with Crippen molar-refractivity contribution in [1.29, 1.82) is 0 Å². The zero-order chi connectivity index (χ0) is 28.3. The van der Waals surface area contributed by atoms with Crippen LogP contribution in [-0.4, -0.2) is 70.2 Å². The molecule has 0 unspecified atom stereocenters. The molecule has 0 spiro atoms. The minimum Gasteiger partial charge on any atom is -0.474 e. The number of pyridine rings is 1. The van der Waals surface area contributed by atoms with E-state index in [0.717, 1.165) is 57.4 Å². The second-order valence-electron chi connectivity index (χ2n) is 11.1. The molecule has 2 aliphatic heterocycles. The summed E-state index contributed by atoms with van der Waals surface area (Å²) in [6, 6.07) is 11.5. The number of halogens is 2. The summed E-state index contributed by atoms with van der Waals surface area (Å²) in [5.41, 5.74) is 2.66. The summed E-state index contributed by atoms with van der Waals surface area (Å²) < 4.78 is 35.8. The molecule has 2 aliphatic rings. The van der Waals surface area contributed by atoms with E-state index in [1.807, 2.05) is 0 Å². The Labute approximate surface area is 237 Å². The Balaban J connectivity index is 1.22. The van der Waals surface area contributed by atoms with Crippen LogP contribution in [0.2, 0.25) is 0 Å². The fraction of sp³-hybridized carbons (Fsp3) is 0.387. The lowest BCUT2D eigenvalue weighted by Gasteiger charge is -2.28. The zero-order valence-electron chi connectivity index (χ0n) is 23.1. The zero-order valence-corrected chi connectivity index (χ0v) is 23.1. The molecule has 4 aromatic rings. The molecule has 0 radical (unpaired) electrons. The predicted molar refractivity (Wildman–Crippen MR) is 154 cm³/mol. The van der Waals surface area contributed by atoms with E-state index in [0.29, 0.717) is 34.6 Å². The number of piperidine rings is 2. The summed E-state index contributed by atoms with van der Waals surface area (Å²) in [6.07, 6.45) is 6.95. The number of nitrogens with zero attached hydrogens (tertiary/aromatic N) is 4. The van der Waals surface area contributed by atoms with Crippen molar-refractivity contribution in [1.82, 2.24) is 25.0 Å². The molecule has 2 saturated heterocycles. The Morgan fingerprint density at radius 3 is 2.66 bits per heavy atom. The number of anilines is 1. The number of aromatic amines is 1. The Bertz CT molecular complexity index is 1540. The molecular formula is C31H34F2N6O2. The highest BCUT2D eigenvalue weighted by atomic mass is 19.2. The van der Waals surface area contributed by atoms with Gasteiger partial charge in [0.15, 0.2) is 17.3 Å². The maximum Gasteiger partial charge on any atom is 0.276 e. The molecule has 2 N–H and O–H groups in total. The fourth-order valence-corrected chi connectivity index (χ4v) is 5.69. The average Bonchev–Trinajstić information content (AvgIpc) is 3.40. The molecule has 10 heteroatoms. The molecule has 2 fully saturated rings. The standard InChI is InChI=1S/C31H34F2N6O2/c1-38-13-8-23(9-14-38)41-28-18-22(7-10-34-28)35-31(40)30-25-17-21(5-6-27(25)36-37-30)24-15-20(16-26(32)29(24)33)19-39-11-3-2-4-12-39/h5-7,10,15-18,23H,2-4,8-9,11-14,19H2,1H3,(H,36,37)(H,34,35,40). The van der Waals surface area contributed by atoms with E-state index >= 15 is 4.39 Å². The first kappa shape index (κ1) is 27.3. The largest absolute Gasteiger partial charge is 0.474 e. The smallest absolute Gasteiger partial charge is 0.276 e. The average molecular weight is 561 g/mol. The van der Waals surface area contributed by atoms with E-state index in [2.05, 4.69) is 37.3 Å². The molecule has 0 atom stereocenters. The van der Waals surface area contributed by atoms with Crippen LogP contribution in [0.15, 0.2) is 48.7 Å². The van der Waals surface area contributed by atoms with Gasteiger partial charge >= 0.3 is 0 Å². The van der Waals surface area contributed by atoms with Crippen molar-refractivity contribution in [3.63, 3.8) is 0 Å². The van der Waals surface area contributed by atoms with Gasteiger partial charge in [-0.1, -0.05) is 12.5 Å². The van der Waals surface area contributed by atoms with Crippen molar-refractivity contribution in [3.8, 4) is 17.0 Å². The van der Waals surface area contributed by atoms with Gasteiger partial charge in [0, 0.05) is 48.5 Å². The molecule has 8 nitrogen and oxygen atoms in total. The second-order valence-corrected chi connectivity index (χ2v) is 11.1. The summed E-state index contributed by atoms with van der Waals surface area (Å²) in [5, 5.41) is 10.5. The molecule has 41 heavy (non-hydrogen) atoms. The lowest BCUT2D eigenvalue weighted by Crippen LogP contribution is -2.35. The van der Waals surface area contributed by atoms with Crippen molar-refractivity contribution in [2.45, 2.75) is 44.8 Å². The predicted octanol–water partition coefficient (Wildman–Crippen LogP) is 5.61. The number of rotatable bonds is 7. The maximum absolute atomic E-state index is 15.0. The first-order valence-corrected chi connectivity index (χ1v) is 14.2. The molecule has 6 rings (SSSR count). The van der Waals surface area contributed by atoms with E-state index in [9.17, 15) is 9.18 Å². The van der Waals surface area contributed by atoms with Gasteiger partial charge in [-0.05, 0) is 87.3 Å². The highest BCUT2D eigenvalue weighted by Crippen LogP contribution is 2.31. The number of ether oxygens (including phenoxy) is 1. The maximum atomic E-state index is 15.0. The van der Waals surface area contributed by atoms with Gasteiger partial charge in [0.1, 0.15) is 6.10 Å². The summed E-state index contributed by atoms with van der Waals surface area (Å²) in [7, 11) is 2.09. The van der Waals surface area contributed by atoms with Crippen LogP contribution >= 0.6 is 0 Å². The monoisotopic (exact) mass is 560 g/mol. The van der Waals surface area contributed by atoms with Crippen molar-refractivity contribution in [3.05, 3.63) is 71.6 Å². The van der Waals surface area contributed by atoms with Crippen LogP contribution < -0.4 is 10.1 Å². The van der Waals surface area contributed by atoms with Gasteiger partial charge in [0.25, 0.3) is 5.91 Å². The van der Waals surface area contributed by atoms with Crippen LogP contribution in [0.1, 0.15) is 48.2 Å². The molecule has 0 aliphatic carbocycles. The first-order chi connectivity index (χ1) is 19.9. The van der Waals surface area contributed by atoms with Gasteiger partial charge < -0.3 is 15.0 Å². The van der Waals surface area contributed by atoms with Crippen molar-refractivity contribution in [2.24, 2.45) is 0 Å². The van der Waals surface area contributed by atoms with E-state index < -0.39 is 17.5 Å². The van der Waals surface area contributed by atoms with E-state index in [-0.39, 0.29) is 17.4 Å². The Hall–Kier alpha value is -3.89. The van der Waals surface area contributed by atoms with E-state index in [4.69, 9.17) is 4.74 Å². The Morgan fingerprint density at radius 1 is 1.05 bits per heavy atom. The third-order valence-electron chi connectivity index (χ3n) is 7.98. The molecule has 1 amide bonds. The number of fused-ring (bicyclic) bond motifs is 1. The molecule has 214 valence electrons. The molecular weight excluding hydrogens is 526 g/mol. The number of carbonyl (C=O) groups excluding carboxylic acids is 1. The molecule has 0 bridgehead atoms. The molecule has 4 heterocycles. The van der Waals surface area contributed by atoms with Gasteiger partial charge in [-0.25, -0.2) is 13.8 Å². The number of carbonyl (C=O) groups is 1. The molecule has 0 saturated carbocycles. The van der Waals surface area contributed by atoms with Crippen molar-refractivity contribution >= 4 is 22.5 Å². The fourth-order valence-electron chi connectivity index (χ4n) is 5.69.